The van der Waals surface area contributed by atoms with E-state index in [0.717, 1.165) is 30.9 Å². The maximum atomic E-state index is 10.1. The molecular weight excluding hydrogens is 332 g/mol. The average Bonchev–Trinajstić information content (AvgIpc) is 2.91. The van der Waals surface area contributed by atoms with E-state index in [4.69, 9.17) is 15.3 Å². The zero-order valence-corrected chi connectivity index (χ0v) is 15.0. The number of hydrogen-bond acceptors (Lipinski definition) is 7. The van der Waals surface area contributed by atoms with E-state index in [1.807, 2.05) is 0 Å². The second-order valence-corrected chi connectivity index (χ2v) is 5.52. The fourth-order valence-corrected chi connectivity index (χ4v) is 1.54. The molecule has 0 aromatic heterocycles. The van der Waals surface area contributed by atoms with Crippen molar-refractivity contribution >= 4 is 17.9 Å². The molecule has 0 aliphatic carbocycles. The van der Waals surface area contributed by atoms with Crippen molar-refractivity contribution in [2.45, 2.75) is 46.0 Å². The summed E-state index contributed by atoms with van der Waals surface area (Å²) in [5, 5.41) is 24.5. The number of carbonyl (C=O) groups excluding carboxylic acids is 2. The topological polar surface area (TPSA) is 130 Å². The molecule has 8 heteroatoms. The molecule has 0 saturated carbocycles. The molecule has 1 rings (SSSR count). The highest BCUT2D eigenvalue weighted by Crippen LogP contribution is 2.08. The molecule has 3 N–H and O–H groups in total. The standard InChI is InChI=1S/C9H18O2.C4H2O3.C4H10O3/c1-8(2)6-4-3-5-7-9(10)11;5-3-1-2-4(6)7-3;5-1-3-7-4-2-6/h8H,3-7H2,1-2H3,(H,10,11);1-2H;5-6H,1-4H2. The summed E-state index contributed by atoms with van der Waals surface area (Å²) < 4.78 is 8.60. The van der Waals surface area contributed by atoms with Crippen molar-refractivity contribution in [2.75, 3.05) is 26.4 Å². The Labute approximate surface area is 148 Å². The molecule has 1 aliphatic rings. The van der Waals surface area contributed by atoms with Crippen LogP contribution in [0.4, 0.5) is 0 Å². The third kappa shape index (κ3) is 24.6. The first-order valence-corrected chi connectivity index (χ1v) is 8.28. The number of carbonyl (C=O) groups is 3. The number of aliphatic carboxylic acids is 1. The van der Waals surface area contributed by atoms with Gasteiger partial charge in [-0.3, -0.25) is 4.79 Å². The van der Waals surface area contributed by atoms with Gasteiger partial charge in [0.05, 0.1) is 26.4 Å². The summed E-state index contributed by atoms with van der Waals surface area (Å²) in [7, 11) is 0. The van der Waals surface area contributed by atoms with E-state index in [-0.39, 0.29) is 13.2 Å². The van der Waals surface area contributed by atoms with E-state index in [1.54, 1.807) is 0 Å². The molecule has 0 atom stereocenters. The fourth-order valence-electron chi connectivity index (χ4n) is 1.54. The summed E-state index contributed by atoms with van der Waals surface area (Å²) in [4.78, 5) is 29.9. The monoisotopic (exact) mass is 362 g/mol. The van der Waals surface area contributed by atoms with Crippen LogP contribution in [-0.4, -0.2) is 59.7 Å². The number of hydrogen-bond donors (Lipinski definition) is 3. The van der Waals surface area contributed by atoms with Crippen LogP contribution in [0, 0.1) is 5.92 Å². The summed E-state index contributed by atoms with van der Waals surface area (Å²) in [5.74, 6) is -1.08. The lowest BCUT2D eigenvalue weighted by molar-refractivity contribution is -0.150. The van der Waals surface area contributed by atoms with Crippen LogP contribution in [0.2, 0.25) is 0 Å². The molecule has 0 radical (unpaired) electrons. The van der Waals surface area contributed by atoms with Gasteiger partial charge in [0.25, 0.3) is 0 Å². The van der Waals surface area contributed by atoms with Crippen molar-refractivity contribution in [2.24, 2.45) is 5.92 Å². The van der Waals surface area contributed by atoms with Crippen LogP contribution >= 0.6 is 0 Å². The molecule has 0 aromatic carbocycles. The number of unbranched alkanes of at least 4 members (excludes halogenated alkanes) is 2. The summed E-state index contributed by atoms with van der Waals surface area (Å²) in [5.41, 5.74) is 0. The number of carboxylic acid groups (broad SMARTS) is 1. The zero-order chi connectivity index (χ0) is 19.5. The maximum absolute atomic E-state index is 10.1. The van der Waals surface area contributed by atoms with Gasteiger partial charge in [-0.1, -0.05) is 33.1 Å². The van der Waals surface area contributed by atoms with E-state index < -0.39 is 17.9 Å². The van der Waals surface area contributed by atoms with Gasteiger partial charge in [-0.05, 0) is 12.3 Å². The summed E-state index contributed by atoms with van der Waals surface area (Å²) >= 11 is 0. The molecule has 25 heavy (non-hydrogen) atoms. The predicted molar refractivity (Wildman–Crippen MR) is 90.8 cm³/mol. The van der Waals surface area contributed by atoms with Gasteiger partial charge in [0.1, 0.15) is 0 Å². The van der Waals surface area contributed by atoms with E-state index in [2.05, 4.69) is 23.3 Å². The third-order valence-corrected chi connectivity index (χ3v) is 2.70. The Balaban J connectivity index is 0. The van der Waals surface area contributed by atoms with Gasteiger partial charge in [-0.2, -0.15) is 0 Å². The maximum Gasteiger partial charge on any atom is 0.338 e. The van der Waals surface area contributed by atoms with E-state index in [9.17, 15) is 14.4 Å². The van der Waals surface area contributed by atoms with Crippen molar-refractivity contribution < 1.29 is 39.2 Å². The summed E-state index contributed by atoms with van der Waals surface area (Å²) in [6.45, 7) is 5.08. The highest BCUT2D eigenvalue weighted by Gasteiger charge is 2.10. The molecule has 0 unspecified atom stereocenters. The number of carboxylic acids is 1. The number of ether oxygens (including phenoxy) is 2. The number of aliphatic hydroxyl groups is 2. The molecular formula is C17H30O8. The van der Waals surface area contributed by atoms with Crippen LogP contribution < -0.4 is 0 Å². The van der Waals surface area contributed by atoms with Crippen LogP contribution in [0.5, 0.6) is 0 Å². The van der Waals surface area contributed by atoms with Crippen molar-refractivity contribution in [3.63, 3.8) is 0 Å². The normalized spacial score (nSPS) is 12.2. The molecule has 0 spiro atoms. The van der Waals surface area contributed by atoms with Crippen LogP contribution in [0.1, 0.15) is 46.0 Å². The van der Waals surface area contributed by atoms with Gasteiger partial charge in [-0.15, -0.1) is 0 Å². The largest absolute Gasteiger partial charge is 0.481 e. The van der Waals surface area contributed by atoms with Crippen molar-refractivity contribution in [3.8, 4) is 0 Å². The van der Waals surface area contributed by atoms with E-state index >= 15 is 0 Å². The molecule has 0 aromatic rings. The number of aliphatic hydroxyl groups excluding tert-OH is 2. The van der Waals surface area contributed by atoms with Crippen LogP contribution in [-0.2, 0) is 23.9 Å². The minimum Gasteiger partial charge on any atom is -0.481 e. The first kappa shape index (κ1) is 25.5. The van der Waals surface area contributed by atoms with Gasteiger partial charge in [0.2, 0.25) is 0 Å². The molecule has 0 saturated heterocycles. The molecule has 8 nitrogen and oxygen atoms in total. The van der Waals surface area contributed by atoms with Crippen LogP contribution in [0.3, 0.4) is 0 Å². The fraction of sp³-hybridized carbons (Fsp3) is 0.706. The Bertz CT molecular complexity index is 370. The van der Waals surface area contributed by atoms with Crippen LogP contribution in [0.15, 0.2) is 12.2 Å². The second-order valence-electron chi connectivity index (χ2n) is 5.52. The quantitative estimate of drug-likeness (QED) is 0.301. The van der Waals surface area contributed by atoms with Crippen molar-refractivity contribution in [1.29, 1.82) is 0 Å². The lowest BCUT2D eigenvalue weighted by Gasteiger charge is -2.02. The molecule has 146 valence electrons. The first-order valence-electron chi connectivity index (χ1n) is 8.28. The minimum atomic E-state index is -0.672. The lowest BCUT2D eigenvalue weighted by atomic mass is 10.0. The van der Waals surface area contributed by atoms with Gasteiger partial charge in [0.15, 0.2) is 0 Å². The minimum absolute atomic E-state index is 0.0278. The molecule has 1 heterocycles. The van der Waals surface area contributed by atoms with E-state index in [0.29, 0.717) is 19.6 Å². The summed E-state index contributed by atoms with van der Waals surface area (Å²) in [6.07, 6.45) is 6.79. The van der Waals surface area contributed by atoms with E-state index in [1.165, 1.54) is 12.8 Å². The van der Waals surface area contributed by atoms with Crippen molar-refractivity contribution in [1.82, 2.24) is 0 Å². The number of cyclic esters (lactones) is 2. The molecule has 1 aliphatic heterocycles. The average molecular weight is 362 g/mol. The second kappa shape index (κ2) is 18.6. The molecule has 0 fully saturated rings. The Hall–Kier alpha value is -1.77. The van der Waals surface area contributed by atoms with Gasteiger partial charge in [-0.25, -0.2) is 9.59 Å². The Morgan fingerprint density at radius 2 is 1.56 bits per heavy atom. The number of rotatable bonds is 10. The lowest BCUT2D eigenvalue weighted by Crippen LogP contribution is -2.03. The highest BCUT2D eigenvalue weighted by atomic mass is 16.6. The van der Waals surface area contributed by atoms with Gasteiger partial charge >= 0.3 is 17.9 Å². The third-order valence-electron chi connectivity index (χ3n) is 2.70. The molecule has 0 amide bonds. The Morgan fingerprint density at radius 3 is 1.88 bits per heavy atom. The SMILES string of the molecule is CC(C)CCCCCC(=O)O.O=C1C=CC(=O)O1.OCCOCCO. The predicted octanol–water partition coefficient (Wildman–Crippen LogP) is 1.29. The van der Waals surface area contributed by atoms with Gasteiger partial charge in [0, 0.05) is 18.6 Å². The Kier molecular flexibility index (Phi) is 18.9. The first-order chi connectivity index (χ1) is 11.8. The Morgan fingerprint density at radius 1 is 1.04 bits per heavy atom. The highest BCUT2D eigenvalue weighted by molar-refractivity contribution is 6.04. The smallest absolute Gasteiger partial charge is 0.338 e. The zero-order valence-electron chi connectivity index (χ0n) is 15.0. The van der Waals surface area contributed by atoms with Crippen LogP contribution in [0.25, 0.3) is 0 Å². The number of esters is 2. The van der Waals surface area contributed by atoms with Crippen molar-refractivity contribution in [3.05, 3.63) is 12.2 Å². The summed E-state index contributed by atoms with van der Waals surface area (Å²) in [6, 6.07) is 0. The molecule has 0 bridgehead atoms. The van der Waals surface area contributed by atoms with Gasteiger partial charge < -0.3 is 24.8 Å².